The number of nitrogens with zero attached hydrogens (tertiary/aromatic N) is 2. The van der Waals surface area contributed by atoms with Crippen LogP contribution in [0.2, 0.25) is 0 Å². The Bertz CT molecular complexity index is 773. The van der Waals surface area contributed by atoms with Crippen LogP contribution in [0.4, 0.5) is 5.69 Å². The molecule has 0 spiro atoms. The van der Waals surface area contributed by atoms with Gasteiger partial charge in [0.2, 0.25) is 0 Å². The molecule has 0 N–H and O–H groups in total. The monoisotopic (exact) mass is 338 g/mol. The van der Waals surface area contributed by atoms with Gasteiger partial charge in [-0.05, 0) is 49.4 Å². The van der Waals surface area contributed by atoms with Crippen LogP contribution in [0, 0.1) is 6.92 Å². The molecule has 0 bridgehead atoms. The van der Waals surface area contributed by atoms with E-state index in [4.69, 9.17) is 0 Å². The van der Waals surface area contributed by atoms with Crippen molar-refractivity contribution in [1.82, 2.24) is 4.57 Å². The molecule has 104 valence electrons. The minimum absolute atomic E-state index is 0.933. The second-order valence-electron chi connectivity index (χ2n) is 4.81. The summed E-state index contributed by atoms with van der Waals surface area (Å²) in [6.07, 6.45) is 1.90. The number of benzene rings is 2. The molecule has 2 aromatic carbocycles. The molecule has 2 nitrogen and oxygen atoms in total. The Morgan fingerprint density at radius 1 is 0.952 bits per heavy atom. The van der Waals surface area contributed by atoms with E-state index in [-0.39, 0.29) is 0 Å². The van der Waals surface area contributed by atoms with Crippen LogP contribution in [0.25, 0.3) is 5.69 Å². The van der Waals surface area contributed by atoms with Gasteiger partial charge in [-0.15, -0.1) is 0 Å². The summed E-state index contributed by atoms with van der Waals surface area (Å²) in [5.41, 5.74) is 4.34. The van der Waals surface area contributed by atoms with E-state index in [1.54, 1.807) is 0 Å². The number of aromatic nitrogens is 1. The lowest BCUT2D eigenvalue weighted by atomic mass is 10.3. The topological polar surface area (TPSA) is 17.3 Å². The lowest BCUT2D eigenvalue weighted by Gasteiger charge is -2.08. The van der Waals surface area contributed by atoms with Crippen LogP contribution in [0.1, 0.15) is 11.4 Å². The molecular weight excluding hydrogens is 324 g/mol. The fraction of sp³-hybridized carbons (Fsp3) is 0.0556. The SMILES string of the molecule is Cc1ccc(C=Nc2cccc(Br)c2)n1-c1ccccc1. The van der Waals surface area contributed by atoms with E-state index in [2.05, 4.69) is 56.7 Å². The van der Waals surface area contributed by atoms with Crippen molar-refractivity contribution < 1.29 is 0 Å². The lowest BCUT2D eigenvalue weighted by molar-refractivity contribution is 1.01. The second-order valence-corrected chi connectivity index (χ2v) is 5.72. The Kier molecular flexibility index (Phi) is 4.02. The summed E-state index contributed by atoms with van der Waals surface area (Å²) in [5.74, 6) is 0. The van der Waals surface area contributed by atoms with Crippen molar-refractivity contribution in [1.29, 1.82) is 0 Å². The molecule has 0 unspecified atom stereocenters. The zero-order chi connectivity index (χ0) is 14.7. The molecule has 3 rings (SSSR count). The van der Waals surface area contributed by atoms with Gasteiger partial charge in [-0.1, -0.05) is 40.2 Å². The highest BCUT2D eigenvalue weighted by atomic mass is 79.9. The van der Waals surface area contributed by atoms with Crippen molar-refractivity contribution in [2.24, 2.45) is 4.99 Å². The second kappa shape index (κ2) is 6.10. The van der Waals surface area contributed by atoms with Crippen LogP contribution in [0.5, 0.6) is 0 Å². The first-order chi connectivity index (χ1) is 10.2. The fourth-order valence-electron chi connectivity index (χ4n) is 2.29. The Morgan fingerprint density at radius 2 is 1.76 bits per heavy atom. The molecule has 1 heterocycles. The van der Waals surface area contributed by atoms with Crippen LogP contribution < -0.4 is 0 Å². The van der Waals surface area contributed by atoms with Crippen molar-refractivity contribution in [3.05, 3.63) is 82.6 Å². The first kappa shape index (κ1) is 13.8. The minimum atomic E-state index is 0.933. The lowest BCUT2D eigenvalue weighted by Crippen LogP contribution is -2.00. The molecule has 0 saturated carbocycles. The van der Waals surface area contributed by atoms with Gasteiger partial charge < -0.3 is 4.57 Å². The first-order valence-corrected chi connectivity index (χ1v) is 7.57. The molecule has 0 saturated heterocycles. The summed E-state index contributed by atoms with van der Waals surface area (Å²) in [4.78, 5) is 4.56. The predicted octanol–water partition coefficient (Wildman–Crippen LogP) is 5.30. The fourth-order valence-corrected chi connectivity index (χ4v) is 2.67. The molecule has 1 aromatic heterocycles. The van der Waals surface area contributed by atoms with Gasteiger partial charge in [-0.25, -0.2) is 0 Å². The van der Waals surface area contributed by atoms with Crippen molar-refractivity contribution in [3.63, 3.8) is 0 Å². The minimum Gasteiger partial charge on any atom is -0.313 e. The van der Waals surface area contributed by atoms with E-state index < -0.39 is 0 Å². The predicted molar refractivity (Wildman–Crippen MR) is 91.9 cm³/mol. The van der Waals surface area contributed by atoms with E-state index in [1.165, 1.54) is 5.69 Å². The van der Waals surface area contributed by atoms with E-state index in [0.717, 1.165) is 21.5 Å². The third-order valence-corrected chi connectivity index (χ3v) is 3.77. The summed E-state index contributed by atoms with van der Waals surface area (Å²) in [6.45, 7) is 2.10. The molecule has 0 aliphatic rings. The Balaban J connectivity index is 1.97. The van der Waals surface area contributed by atoms with E-state index in [1.807, 2.05) is 48.7 Å². The van der Waals surface area contributed by atoms with E-state index in [9.17, 15) is 0 Å². The van der Waals surface area contributed by atoms with Gasteiger partial charge in [-0.3, -0.25) is 4.99 Å². The Labute approximate surface area is 132 Å². The average molecular weight is 339 g/mol. The van der Waals surface area contributed by atoms with Gasteiger partial charge in [0, 0.05) is 15.9 Å². The quantitative estimate of drug-likeness (QED) is 0.576. The highest BCUT2D eigenvalue weighted by Gasteiger charge is 2.04. The Hall–Kier alpha value is -2.13. The molecule has 0 aliphatic carbocycles. The Morgan fingerprint density at radius 3 is 2.52 bits per heavy atom. The van der Waals surface area contributed by atoms with Gasteiger partial charge in [0.05, 0.1) is 17.6 Å². The number of hydrogen-bond donors (Lipinski definition) is 0. The van der Waals surface area contributed by atoms with Crippen molar-refractivity contribution in [3.8, 4) is 5.69 Å². The standard InChI is InChI=1S/C18H15BrN2/c1-14-10-11-18(21(14)17-8-3-2-4-9-17)13-20-16-7-5-6-15(19)12-16/h2-13H,1H3. The molecule has 0 amide bonds. The van der Waals surface area contributed by atoms with Gasteiger partial charge in [0.25, 0.3) is 0 Å². The van der Waals surface area contributed by atoms with Crippen LogP contribution in [-0.4, -0.2) is 10.8 Å². The average Bonchev–Trinajstić information content (AvgIpc) is 2.87. The van der Waals surface area contributed by atoms with Crippen molar-refractivity contribution in [2.45, 2.75) is 6.92 Å². The van der Waals surface area contributed by atoms with Gasteiger partial charge in [0.1, 0.15) is 0 Å². The maximum Gasteiger partial charge on any atom is 0.0641 e. The normalized spacial score (nSPS) is 11.1. The smallest absolute Gasteiger partial charge is 0.0641 e. The molecule has 21 heavy (non-hydrogen) atoms. The zero-order valence-corrected chi connectivity index (χ0v) is 13.3. The number of hydrogen-bond acceptors (Lipinski definition) is 1. The summed E-state index contributed by atoms with van der Waals surface area (Å²) in [7, 11) is 0. The number of halogens is 1. The van der Waals surface area contributed by atoms with E-state index >= 15 is 0 Å². The highest BCUT2D eigenvalue weighted by Crippen LogP contribution is 2.20. The number of aliphatic imine (C=N–C) groups is 1. The van der Waals surface area contributed by atoms with Crippen LogP contribution in [-0.2, 0) is 0 Å². The highest BCUT2D eigenvalue weighted by molar-refractivity contribution is 9.10. The summed E-state index contributed by atoms with van der Waals surface area (Å²) >= 11 is 3.46. The molecule has 0 aliphatic heterocycles. The largest absolute Gasteiger partial charge is 0.313 e. The molecule has 0 radical (unpaired) electrons. The van der Waals surface area contributed by atoms with Crippen molar-refractivity contribution in [2.75, 3.05) is 0 Å². The zero-order valence-electron chi connectivity index (χ0n) is 11.7. The summed E-state index contributed by atoms with van der Waals surface area (Å²) in [5, 5.41) is 0. The number of para-hydroxylation sites is 1. The van der Waals surface area contributed by atoms with Crippen molar-refractivity contribution >= 4 is 27.8 Å². The summed E-state index contributed by atoms with van der Waals surface area (Å²) < 4.78 is 3.23. The van der Waals surface area contributed by atoms with Crippen LogP contribution in [0.3, 0.4) is 0 Å². The van der Waals surface area contributed by atoms with Crippen LogP contribution >= 0.6 is 15.9 Å². The third-order valence-electron chi connectivity index (χ3n) is 3.27. The molecular formula is C18H15BrN2. The molecule has 0 fully saturated rings. The summed E-state index contributed by atoms with van der Waals surface area (Å²) in [6, 6.07) is 22.5. The third kappa shape index (κ3) is 3.14. The number of rotatable bonds is 3. The van der Waals surface area contributed by atoms with Gasteiger partial charge in [-0.2, -0.15) is 0 Å². The number of aryl methyl sites for hydroxylation is 1. The molecule has 3 aromatic rings. The van der Waals surface area contributed by atoms with Crippen LogP contribution in [0.15, 0.2) is 76.2 Å². The maximum atomic E-state index is 4.56. The van der Waals surface area contributed by atoms with Gasteiger partial charge >= 0.3 is 0 Å². The molecule has 3 heteroatoms. The molecule has 0 atom stereocenters. The first-order valence-electron chi connectivity index (χ1n) is 6.77. The van der Waals surface area contributed by atoms with E-state index in [0.29, 0.717) is 0 Å². The maximum absolute atomic E-state index is 4.56. The van der Waals surface area contributed by atoms with Gasteiger partial charge in [0.15, 0.2) is 0 Å².